The van der Waals surface area contributed by atoms with Crippen molar-refractivity contribution in [2.45, 2.75) is 18.6 Å². The summed E-state index contributed by atoms with van der Waals surface area (Å²) in [5.74, 6) is 0. The van der Waals surface area contributed by atoms with Gasteiger partial charge in [-0.25, -0.2) is 0 Å². The van der Waals surface area contributed by atoms with Crippen LogP contribution in [-0.2, 0) is 11.2 Å². The molecular formula is C15H12O. The van der Waals surface area contributed by atoms with Crippen molar-refractivity contribution < 1.29 is 4.74 Å². The fourth-order valence-corrected chi connectivity index (χ4v) is 2.74. The van der Waals surface area contributed by atoms with E-state index in [-0.39, 0.29) is 0 Å². The molecule has 4 rings (SSSR count). The Morgan fingerprint density at radius 2 is 1.25 bits per heavy atom. The van der Waals surface area contributed by atoms with E-state index in [1.165, 1.54) is 22.3 Å². The fraction of sp³-hybridized carbons (Fsp3) is 0.200. The Bertz CT molecular complexity index is 509. The van der Waals surface area contributed by atoms with E-state index in [0.717, 1.165) is 6.42 Å². The summed E-state index contributed by atoms with van der Waals surface area (Å²) in [7, 11) is 0. The van der Waals surface area contributed by atoms with Crippen LogP contribution < -0.4 is 0 Å². The third-order valence-corrected chi connectivity index (χ3v) is 3.60. The van der Waals surface area contributed by atoms with Gasteiger partial charge in [-0.05, 0) is 28.7 Å². The van der Waals surface area contributed by atoms with E-state index >= 15 is 0 Å². The van der Waals surface area contributed by atoms with Gasteiger partial charge in [0.25, 0.3) is 0 Å². The van der Waals surface area contributed by atoms with E-state index in [0.29, 0.717) is 12.2 Å². The van der Waals surface area contributed by atoms with Crippen LogP contribution in [0.1, 0.15) is 34.5 Å². The van der Waals surface area contributed by atoms with Gasteiger partial charge in [-0.1, -0.05) is 48.5 Å². The van der Waals surface area contributed by atoms with Gasteiger partial charge in [0, 0.05) is 0 Å². The van der Waals surface area contributed by atoms with Gasteiger partial charge in [0.2, 0.25) is 0 Å². The number of benzene rings is 2. The van der Waals surface area contributed by atoms with Gasteiger partial charge < -0.3 is 4.74 Å². The van der Waals surface area contributed by atoms with Gasteiger partial charge in [-0.2, -0.15) is 0 Å². The topological polar surface area (TPSA) is 12.5 Å². The molecule has 1 fully saturated rings. The first-order chi connectivity index (χ1) is 7.93. The molecule has 0 unspecified atom stereocenters. The molecule has 0 bridgehead atoms. The number of hydrogen-bond donors (Lipinski definition) is 0. The summed E-state index contributed by atoms with van der Waals surface area (Å²) in [6, 6.07) is 17.3. The summed E-state index contributed by atoms with van der Waals surface area (Å²) >= 11 is 0. The second-order valence-corrected chi connectivity index (χ2v) is 4.55. The SMILES string of the molecule is c1ccc2c(c1)Cc1ccccc1[C@@H]1O[C@H]21. The lowest BCUT2D eigenvalue weighted by atomic mass is 10.00. The van der Waals surface area contributed by atoms with Crippen molar-refractivity contribution >= 4 is 0 Å². The maximum atomic E-state index is 5.81. The zero-order chi connectivity index (χ0) is 10.5. The Labute approximate surface area is 94.7 Å². The molecule has 1 aliphatic carbocycles. The minimum atomic E-state index is 0.305. The minimum Gasteiger partial charge on any atom is -0.359 e. The van der Waals surface area contributed by atoms with Gasteiger partial charge in [-0.3, -0.25) is 0 Å². The number of ether oxygens (including phenoxy) is 1. The van der Waals surface area contributed by atoms with Gasteiger partial charge >= 0.3 is 0 Å². The first-order valence-corrected chi connectivity index (χ1v) is 5.74. The van der Waals surface area contributed by atoms with Crippen LogP contribution >= 0.6 is 0 Å². The molecule has 2 aliphatic rings. The van der Waals surface area contributed by atoms with Crippen molar-refractivity contribution in [3.8, 4) is 0 Å². The second kappa shape index (κ2) is 2.96. The van der Waals surface area contributed by atoms with Crippen molar-refractivity contribution in [3.63, 3.8) is 0 Å². The second-order valence-electron chi connectivity index (χ2n) is 4.55. The zero-order valence-electron chi connectivity index (χ0n) is 8.89. The quantitative estimate of drug-likeness (QED) is 0.604. The van der Waals surface area contributed by atoms with Crippen LogP contribution in [0.5, 0.6) is 0 Å². The van der Waals surface area contributed by atoms with Gasteiger partial charge in [0.05, 0.1) is 0 Å². The van der Waals surface area contributed by atoms with Crippen LogP contribution in [0.25, 0.3) is 0 Å². The highest BCUT2D eigenvalue weighted by Gasteiger charge is 2.45. The lowest BCUT2D eigenvalue weighted by Gasteiger charge is -2.07. The average Bonchev–Trinajstić information content (AvgIpc) is 3.09. The third-order valence-electron chi connectivity index (χ3n) is 3.60. The Morgan fingerprint density at radius 3 is 1.81 bits per heavy atom. The van der Waals surface area contributed by atoms with Crippen LogP contribution in [0, 0.1) is 0 Å². The molecular weight excluding hydrogens is 196 g/mol. The molecule has 2 aromatic rings. The molecule has 1 nitrogen and oxygen atoms in total. The molecule has 0 spiro atoms. The first-order valence-electron chi connectivity index (χ1n) is 5.74. The largest absolute Gasteiger partial charge is 0.359 e. The fourth-order valence-electron chi connectivity index (χ4n) is 2.74. The highest BCUT2D eigenvalue weighted by Crippen LogP contribution is 2.54. The molecule has 0 amide bonds. The molecule has 2 aromatic carbocycles. The third kappa shape index (κ3) is 1.09. The number of epoxide rings is 1. The Morgan fingerprint density at radius 1 is 0.750 bits per heavy atom. The van der Waals surface area contributed by atoms with Gasteiger partial charge in [0.15, 0.2) is 0 Å². The molecule has 0 radical (unpaired) electrons. The van der Waals surface area contributed by atoms with E-state index in [2.05, 4.69) is 48.5 Å². The van der Waals surface area contributed by atoms with E-state index in [1.807, 2.05) is 0 Å². The summed E-state index contributed by atoms with van der Waals surface area (Å²) in [6.07, 6.45) is 1.66. The molecule has 1 heteroatoms. The molecule has 1 heterocycles. The highest BCUT2D eigenvalue weighted by molar-refractivity contribution is 5.45. The number of fused-ring (bicyclic) bond motifs is 5. The Kier molecular flexibility index (Phi) is 1.58. The Balaban J connectivity index is 1.94. The smallest absolute Gasteiger partial charge is 0.114 e. The molecule has 1 aliphatic heterocycles. The lowest BCUT2D eigenvalue weighted by molar-refractivity contribution is 0.375. The normalized spacial score (nSPS) is 25.0. The van der Waals surface area contributed by atoms with Crippen LogP contribution in [-0.4, -0.2) is 0 Å². The summed E-state index contributed by atoms with van der Waals surface area (Å²) in [5.41, 5.74) is 5.59. The molecule has 1 saturated heterocycles. The van der Waals surface area contributed by atoms with Crippen molar-refractivity contribution in [2.24, 2.45) is 0 Å². The van der Waals surface area contributed by atoms with Crippen molar-refractivity contribution in [3.05, 3.63) is 70.8 Å². The molecule has 0 saturated carbocycles. The predicted octanol–water partition coefficient (Wildman–Crippen LogP) is 3.40. The monoisotopic (exact) mass is 208 g/mol. The molecule has 2 atom stereocenters. The van der Waals surface area contributed by atoms with Crippen molar-refractivity contribution in [2.75, 3.05) is 0 Å². The Hall–Kier alpha value is -1.60. The predicted molar refractivity (Wildman–Crippen MR) is 62.3 cm³/mol. The average molecular weight is 208 g/mol. The summed E-state index contributed by atoms with van der Waals surface area (Å²) in [5, 5.41) is 0. The van der Waals surface area contributed by atoms with Gasteiger partial charge in [-0.15, -0.1) is 0 Å². The molecule has 78 valence electrons. The summed E-state index contributed by atoms with van der Waals surface area (Å²) in [4.78, 5) is 0. The summed E-state index contributed by atoms with van der Waals surface area (Å²) < 4.78 is 5.81. The van der Waals surface area contributed by atoms with Crippen molar-refractivity contribution in [1.29, 1.82) is 0 Å². The standard InChI is InChI=1S/C15H12O/c1-3-7-12-10(5-1)9-11-6-2-4-8-13(11)15-14(12)16-15/h1-8,14-15H,9H2/t14-,15+. The lowest BCUT2D eigenvalue weighted by Crippen LogP contribution is -1.93. The zero-order valence-corrected chi connectivity index (χ0v) is 8.89. The van der Waals surface area contributed by atoms with Crippen LogP contribution in [0.3, 0.4) is 0 Å². The maximum Gasteiger partial charge on any atom is 0.114 e. The van der Waals surface area contributed by atoms with Crippen LogP contribution in [0.4, 0.5) is 0 Å². The number of hydrogen-bond acceptors (Lipinski definition) is 1. The maximum absolute atomic E-state index is 5.81. The van der Waals surface area contributed by atoms with Crippen LogP contribution in [0.2, 0.25) is 0 Å². The molecule has 16 heavy (non-hydrogen) atoms. The molecule has 0 aromatic heterocycles. The molecule has 0 N–H and O–H groups in total. The van der Waals surface area contributed by atoms with E-state index in [9.17, 15) is 0 Å². The van der Waals surface area contributed by atoms with E-state index in [4.69, 9.17) is 4.74 Å². The van der Waals surface area contributed by atoms with Crippen molar-refractivity contribution in [1.82, 2.24) is 0 Å². The minimum absolute atomic E-state index is 0.305. The highest BCUT2D eigenvalue weighted by atomic mass is 16.6. The van der Waals surface area contributed by atoms with Gasteiger partial charge in [0.1, 0.15) is 12.2 Å². The van der Waals surface area contributed by atoms with E-state index in [1.54, 1.807) is 0 Å². The summed E-state index contributed by atoms with van der Waals surface area (Å²) in [6.45, 7) is 0. The first kappa shape index (κ1) is 8.54. The number of rotatable bonds is 0. The van der Waals surface area contributed by atoms with Crippen LogP contribution in [0.15, 0.2) is 48.5 Å². The van der Waals surface area contributed by atoms with E-state index < -0.39 is 0 Å².